The van der Waals surface area contributed by atoms with Gasteiger partial charge in [-0.15, -0.1) is 0 Å². The number of ether oxygens (including phenoxy) is 1. The number of amides is 1. The summed E-state index contributed by atoms with van der Waals surface area (Å²) >= 11 is 6.03. The van der Waals surface area contributed by atoms with Crippen LogP contribution in [0.3, 0.4) is 0 Å². The average molecular weight is 389 g/mol. The van der Waals surface area contributed by atoms with Crippen LogP contribution in [0.5, 0.6) is 5.75 Å². The van der Waals surface area contributed by atoms with Gasteiger partial charge in [0.05, 0.1) is 18.4 Å². The summed E-state index contributed by atoms with van der Waals surface area (Å²) in [7, 11) is 1.60. The number of hydrogen-bond donors (Lipinski definition) is 0. The Morgan fingerprint density at radius 3 is 2.32 bits per heavy atom. The first-order chi connectivity index (χ1) is 13.7. The molecule has 3 aromatic carbocycles. The summed E-state index contributed by atoms with van der Waals surface area (Å²) < 4.78 is 5.49. The van der Waals surface area contributed by atoms with Crippen LogP contribution >= 0.6 is 11.6 Å². The highest BCUT2D eigenvalue weighted by atomic mass is 35.5. The molecule has 0 saturated carbocycles. The van der Waals surface area contributed by atoms with Gasteiger partial charge in [-0.25, -0.2) is 4.99 Å². The SMILES string of the molecule is COc1ccccc1C1=N/C(=C/c2ccccc2)C(=O)N1c1ccc(Cl)cc1. The molecule has 1 aliphatic heterocycles. The Bertz CT molecular complexity index is 1070. The van der Waals surface area contributed by atoms with E-state index in [0.29, 0.717) is 28.0 Å². The van der Waals surface area contributed by atoms with E-state index in [0.717, 1.165) is 11.1 Å². The molecule has 0 spiro atoms. The topological polar surface area (TPSA) is 41.9 Å². The van der Waals surface area contributed by atoms with E-state index in [2.05, 4.69) is 4.99 Å². The standard InChI is InChI=1S/C23H17ClN2O2/c1-28-21-10-6-5-9-19(21)22-25-20(15-16-7-3-2-4-8-16)23(27)26(22)18-13-11-17(24)12-14-18/h2-15H,1H3/b20-15+. The van der Waals surface area contributed by atoms with E-state index in [9.17, 15) is 4.79 Å². The maximum atomic E-state index is 13.2. The quantitative estimate of drug-likeness (QED) is 0.577. The van der Waals surface area contributed by atoms with Crippen molar-refractivity contribution in [3.8, 4) is 5.75 Å². The fourth-order valence-electron chi connectivity index (χ4n) is 3.06. The number of aliphatic imine (C=N–C) groups is 1. The lowest BCUT2D eigenvalue weighted by atomic mass is 10.1. The molecule has 0 saturated heterocycles. The molecule has 28 heavy (non-hydrogen) atoms. The molecule has 0 aliphatic carbocycles. The summed E-state index contributed by atoms with van der Waals surface area (Å²) in [5, 5.41) is 0.603. The second-order valence-electron chi connectivity index (χ2n) is 6.19. The van der Waals surface area contributed by atoms with Gasteiger partial charge in [-0.05, 0) is 48.0 Å². The summed E-state index contributed by atoms with van der Waals surface area (Å²) in [4.78, 5) is 19.5. The minimum atomic E-state index is -0.202. The number of para-hydroxylation sites is 1. The van der Waals surface area contributed by atoms with Gasteiger partial charge in [0.25, 0.3) is 5.91 Å². The number of anilines is 1. The lowest BCUT2D eigenvalue weighted by Crippen LogP contribution is -2.32. The molecule has 1 aliphatic rings. The normalized spacial score (nSPS) is 15.1. The number of amidine groups is 1. The van der Waals surface area contributed by atoms with Crippen molar-refractivity contribution in [2.75, 3.05) is 12.0 Å². The van der Waals surface area contributed by atoms with Crippen molar-refractivity contribution in [1.82, 2.24) is 0 Å². The third-order valence-corrected chi connectivity index (χ3v) is 4.65. The minimum Gasteiger partial charge on any atom is -0.496 e. The Balaban J connectivity index is 1.86. The zero-order valence-corrected chi connectivity index (χ0v) is 15.9. The predicted molar refractivity (Wildman–Crippen MR) is 113 cm³/mol. The predicted octanol–water partition coefficient (Wildman–Crippen LogP) is 5.18. The number of nitrogens with zero attached hydrogens (tertiary/aromatic N) is 2. The molecule has 1 amide bonds. The lowest BCUT2D eigenvalue weighted by molar-refractivity contribution is -0.113. The van der Waals surface area contributed by atoms with Gasteiger partial charge in [-0.2, -0.15) is 0 Å². The zero-order valence-electron chi connectivity index (χ0n) is 15.2. The first-order valence-corrected chi connectivity index (χ1v) is 9.14. The molecule has 0 bridgehead atoms. The summed E-state index contributed by atoms with van der Waals surface area (Å²) in [6.07, 6.45) is 1.79. The molecule has 0 N–H and O–H groups in total. The third-order valence-electron chi connectivity index (χ3n) is 4.40. The minimum absolute atomic E-state index is 0.202. The van der Waals surface area contributed by atoms with Gasteiger partial charge >= 0.3 is 0 Å². The van der Waals surface area contributed by atoms with Gasteiger partial charge in [0.15, 0.2) is 5.84 Å². The van der Waals surface area contributed by atoms with Crippen molar-refractivity contribution in [2.45, 2.75) is 0 Å². The van der Waals surface area contributed by atoms with E-state index in [-0.39, 0.29) is 5.91 Å². The highest BCUT2D eigenvalue weighted by molar-refractivity contribution is 6.34. The highest BCUT2D eigenvalue weighted by Crippen LogP contribution is 2.31. The van der Waals surface area contributed by atoms with Crippen LogP contribution in [-0.2, 0) is 4.79 Å². The van der Waals surface area contributed by atoms with Gasteiger partial charge in [-0.1, -0.05) is 54.1 Å². The van der Waals surface area contributed by atoms with E-state index in [1.165, 1.54) is 0 Å². The largest absolute Gasteiger partial charge is 0.496 e. The maximum Gasteiger partial charge on any atom is 0.282 e. The summed E-state index contributed by atoms with van der Waals surface area (Å²) in [6, 6.07) is 24.3. The van der Waals surface area contributed by atoms with Crippen molar-refractivity contribution in [3.63, 3.8) is 0 Å². The Hall–Kier alpha value is -3.37. The van der Waals surface area contributed by atoms with Crippen molar-refractivity contribution >= 4 is 35.1 Å². The number of rotatable bonds is 4. The molecule has 3 aromatic rings. The molecule has 0 radical (unpaired) electrons. The molecule has 0 aromatic heterocycles. The molecule has 4 nitrogen and oxygen atoms in total. The number of carbonyl (C=O) groups is 1. The van der Waals surface area contributed by atoms with Crippen LogP contribution in [0.2, 0.25) is 5.02 Å². The third kappa shape index (κ3) is 3.42. The fourth-order valence-corrected chi connectivity index (χ4v) is 3.19. The highest BCUT2D eigenvalue weighted by Gasteiger charge is 2.33. The van der Waals surface area contributed by atoms with Crippen molar-refractivity contribution in [3.05, 3.63) is 101 Å². The molecular formula is C23H17ClN2O2. The molecule has 0 unspecified atom stereocenters. The van der Waals surface area contributed by atoms with Gasteiger partial charge in [0.2, 0.25) is 0 Å². The summed E-state index contributed by atoms with van der Waals surface area (Å²) in [6.45, 7) is 0. The number of benzene rings is 3. The Morgan fingerprint density at radius 2 is 1.61 bits per heavy atom. The summed E-state index contributed by atoms with van der Waals surface area (Å²) in [5.74, 6) is 0.966. The second kappa shape index (κ2) is 7.71. The molecule has 138 valence electrons. The monoisotopic (exact) mass is 388 g/mol. The Labute approximate surface area is 168 Å². The van der Waals surface area contributed by atoms with Crippen molar-refractivity contribution in [1.29, 1.82) is 0 Å². The number of halogens is 1. The molecular weight excluding hydrogens is 372 g/mol. The Morgan fingerprint density at radius 1 is 0.929 bits per heavy atom. The average Bonchev–Trinajstić information content (AvgIpc) is 3.05. The lowest BCUT2D eigenvalue weighted by Gasteiger charge is -2.20. The van der Waals surface area contributed by atoms with E-state index < -0.39 is 0 Å². The smallest absolute Gasteiger partial charge is 0.282 e. The Kier molecular flexibility index (Phi) is 4.96. The van der Waals surface area contributed by atoms with Crippen molar-refractivity contribution in [2.24, 2.45) is 4.99 Å². The van der Waals surface area contributed by atoms with Crippen LogP contribution in [0.25, 0.3) is 6.08 Å². The van der Waals surface area contributed by atoms with Gasteiger partial charge < -0.3 is 4.74 Å². The summed E-state index contributed by atoms with van der Waals surface area (Å²) in [5.41, 5.74) is 2.70. The number of methoxy groups -OCH3 is 1. The van der Waals surface area contributed by atoms with Gasteiger partial charge in [0.1, 0.15) is 11.4 Å². The van der Waals surface area contributed by atoms with Crippen molar-refractivity contribution < 1.29 is 9.53 Å². The van der Waals surface area contributed by atoms with Crippen LogP contribution in [0.1, 0.15) is 11.1 Å². The van der Waals surface area contributed by atoms with Crippen LogP contribution < -0.4 is 9.64 Å². The number of hydrogen-bond acceptors (Lipinski definition) is 3. The van der Waals surface area contributed by atoms with E-state index >= 15 is 0 Å². The second-order valence-corrected chi connectivity index (χ2v) is 6.63. The van der Waals surface area contributed by atoms with E-state index in [1.54, 1.807) is 42.4 Å². The maximum absolute atomic E-state index is 13.2. The first kappa shape index (κ1) is 18.0. The van der Waals surface area contributed by atoms with Crippen LogP contribution in [0.4, 0.5) is 5.69 Å². The molecule has 0 atom stereocenters. The van der Waals surface area contributed by atoms with Gasteiger partial charge in [-0.3, -0.25) is 9.69 Å². The molecule has 5 heteroatoms. The molecule has 1 heterocycles. The fraction of sp³-hybridized carbons (Fsp3) is 0.0435. The van der Waals surface area contributed by atoms with E-state index in [4.69, 9.17) is 16.3 Å². The van der Waals surface area contributed by atoms with E-state index in [1.807, 2.05) is 54.6 Å². The number of carbonyl (C=O) groups excluding carboxylic acids is 1. The van der Waals surface area contributed by atoms with Crippen LogP contribution in [0, 0.1) is 0 Å². The first-order valence-electron chi connectivity index (χ1n) is 8.76. The van der Waals surface area contributed by atoms with Crippen LogP contribution in [0.15, 0.2) is 89.6 Å². The zero-order chi connectivity index (χ0) is 19.5. The molecule has 0 fully saturated rings. The van der Waals surface area contributed by atoms with Crippen LogP contribution in [-0.4, -0.2) is 18.9 Å². The van der Waals surface area contributed by atoms with Gasteiger partial charge in [0, 0.05) is 5.02 Å². The molecule has 4 rings (SSSR count).